The number of nitrogens with two attached hydrogens (primary N) is 1. The fourth-order valence-corrected chi connectivity index (χ4v) is 8.78. The zero-order valence-corrected chi connectivity index (χ0v) is 24.7. The number of sulfonamides is 1. The molecule has 3 unspecified atom stereocenters. The topological polar surface area (TPSA) is 102 Å². The van der Waals surface area contributed by atoms with Crippen molar-refractivity contribution in [2.45, 2.75) is 92.5 Å². The minimum Gasteiger partial charge on any atom is -0.490 e. The normalized spacial score (nSPS) is 24.2. The molecular formula is C29H32ClF2N3O4S2. The SMILES string of the molecule is NC1CC2CCC(C1)N2C(=O)C(NS(=O)(=O)c1ccc2cc(OC3CCCC3)ccc2c1)C(F)(F)c1ccc(Cl)s1. The van der Waals surface area contributed by atoms with Crippen molar-refractivity contribution in [3.05, 3.63) is 57.7 Å². The molecule has 3 N–H and O–H groups in total. The number of nitrogens with one attached hydrogen (secondary N) is 1. The molecule has 0 radical (unpaired) electrons. The van der Waals surface area contributed by atoms with E-state index in [4.69, 9.17) is 22.1 Å². The Labute approximate surface area is 247 Å². The summed E-state index contributed by atoms with van der Waals surface area (Å²) in [6.45, 7) is 0. The fourth-order valence-electron chi connectivity index (χ4n) is 6.51. The predicted molar refractivity (Wildman–Crippen MR) is 155 cm³/mol. The second kappa shape index (κ2) is 11.1. The Bertz CT molecular complexity index is 1550. The Morgan fingerprint density at radius 2 is 1.68 bits per heavy atom. The first-order chi connectivity index (χ1) is 19.5. The van der Waals surface area contributed by atoms with E-state index >= 15 is 8.78 Å². The van der Waals surface area contributed by atoms with Crippen LogP contribution in [0.15, 0.2) is 53.4 Å². The van der Waals surface area contributed by atoms with Crippen LogP contribution in [-0.2, 0) is 20.7 Å². The van der Waals surface area contributed by atoms with Gasteiger partial charge in [0.15, 0.2) is 6.04 Å². The number of rotatable bonds is 8. The summed E-state index contributed by atoms with van der Waals surface area (Å²) in [4.78, 5) is 14.6. The first-order valence-electron chi connectivity index (χ1n) is 14.0. The van der Waals surface area contributed by atoms with E-state index in [1.54, 1.807) is 18.2 Å². The lowest BCUT2D eigenvalue weighted by Crippen LogP contribution is -2.60. The van der Waals surface area contributed by atoms with Gasteiger partial charge in [0.25, 0.3) is 0 Å². The third-order valence-electron chi connectivity index (χ3n) is 8.51. The van der Waals surface area contributed by atoms with E-state index in [0.717, 1.165) is 37.1 Å². The minimum atomic E-state index is -4.53. The lowest BCUT2D eigenvalue weighted by atomic mass is 9.96. The molecule has 0 spiro atoms. The number of thiophene rings is 1. The third-order valence-corrected chi connectivity index (χ3v) is 11.2. The number of fused-ring (bicyclic) bond motifs is 3. The zero-order chi connectivity index (χ0) is 28.9. The number of carbonyl (C=O) groups is 1. The van der Waals surface area contributed by atoms with Crippen molar-refractivity contribution in [3.8, 4) is 5.75 Å². The highest BCUT2D eigenvalue weighted by Gasteiger charge is 2.54. The summed E-state index contributed by atoms with van der Waals surface area (Å²) in [5.41, 5.74) is 6.13. The number of ether oxygens (including phenoxy) is 1. The number of carbonyl (C=O) groups excluding carboxylic acids is 1. The molecule has 2 saturated heterocycles. The quantitative estimate of drug-likeness (QED) is 0.330. The largest absolute Gasteiger partial charge is 0.490 e. The van der Waals surface area contributed by atoms with Crippen LogP contribution < -0.4 is 15.2 Å². The molecule has 3 aromatic rings. The van der Waals surface area contributed by atoms with Crippen molar-refractivity contribution in [3.63, 3.8) is 0 Å². The predicted octanol–water partition coefficient (Wildman–Crippen LogP) is 5.80. The van der Waals surface area contributed by atoms with Gasteiger partial charge in [0.1, 0.15) is 5.75 Å². The van der Waals surface area contributed by atoms with Gasteiger partial charge in [0.05, 0.1) is 20.2 Å². The molecular weight excluding hydrogens is 592 g/mol. The van der Waals surface area contributed by atoms with Gasteiger partial charge in [-0.1, -0.05) is 23.7 Å². The molecule has 1 amide bonds. The van der Waals surface area contributed by atoms with Gasteiger partial charge in [-0.2, -0.15) is 13.5 Å². The van der Waals surface area contributed by atoms with Gasteiger partial charge in [-0.05, 0) is 98.5 Å². The molecule has 1 aromatic heterocycles. The van der Waals surface area contributed by atoms with Gasteiger partial charge in [-0.25, -0.2) is 8.42 Å². The standard InChI is InChI=1S/C29H32ClF2N3O4S2/c30-26-12-11-25(40-26)29(31,32)27(28(36)35-20-7-8-21(35)16-19(33)15-20)34-41(37,38)24-10-6-17-13-23(9-5-18(17)14-24)39-22-3-1-2-4-22/h5-6,9-14,19-22,27,34H,1-4,7-8,15-16,33H2. The van der Waals surface area contributed by atoms with Crippen LogP contribution >= 0.6 is 22.9 Å². The molecule has 6 rings (SSSR count). The molecule has 220 valence electrons. The lowest BCUT2D eigenvalue weighted by molar-refractivity contribution is -0.148. The van der Waals surface area contributed by atoms with Crippen molar-refractivity contribution in [2.24, 2.45) is 5.73 Å². The van der Waals surface area contributed by atoms with Crippen LogP contribution in [0.1, 0.15) is 56.2 Å². The summed E-state index contributed by atoms with van der Waals surface area (Å²) in [5.74, 6) is -4.09. The van der Waals surface area contributed by atoms with E-state index in [-0.39, 0.29) is 33.5 Å². The first kappa shape index (κ1) is 28.8. The third kappa shape index (κ3) is 5.71. The summed E-state index contributed by atoms with van der Waals surface area (Å²) in [6, 6.07) is 9.13. The molecule has 1 aliphatic carbocycles. The molecule has 2 aliphatic heterocycles. The maximum absolute atomic E-state index is 16.0. The molecule has 2 aromatic carbocycles. The molecule has 3 atom stereocenters. The number of alkyl halides is 2. The molecule has 7 nitrogen and oxygen atoms in total. The van der Waals surface area contributed by atoms with Crippen LogP contribution in [0.2, 0.25) is 4.34 Å². The summed E-state index contributed by atoms with van der Waals surface area (Å²) in [7, 11) is -4.53. The maximum Gasteiger partial charge on any atom is 0.307 e. The van der Waals surface area contributed by atoms with Crippen LogP contribution in [0.4, 0.5) is 8.78 Å². The van der Waals surface area contributed by atoms with Gasteiger partial charge in [-0.3, -0.25) is 4.79 Å². The van der Waals surface area contributed by atoms with Crippen LogP contribution in [0.3, 0.4) is 0 Å². The number of piperidine rings is 1. The highest BCUT2D eigenvalue weighted by molar-refractivity contribution is 7.89. The van der Waals surface area contributed by atoms with E-state index in [1.807, 2.05) is 6.07 Å². The number of hydrogen-bond acceptors (Lipinski definition) is 6. The number of hydrogen-bond donors (Lipinski definition) is 2. The zero-order valence-electron chi connectivity index (χ0n) is 22.3. The van der Waals surface area contributed by atoms with E-state index in [0.29, 0.717) is 48.2 Å². The Kier molecular flexibility index (Phi) is 7.78. The Morgan fingerprint density at radius 3 is 2.34 bits per heavy atom. The molecule has 12 heteroatoms. The number of benzene rings is 2. The number of halogens is 3. The van der Waals surface area contributed by atoms with Crippen molar-refractivity contribution in [1.82, 2.24) is 9.62 Å². The average molecular weight is 624 g/mol. The maximum atomic E-state index is 16.0. The number of amides is 1. The van der Waals surface area contributed by atoms with Gasteiger partial charge >= 0.3 is 5.92 Å². The number of nitrogens with zero attached hydrogens (tertiary/aromatic N) is 1. The summed E-state index contributed by atoms with van der Waals surface area (Å²) in [6.07, 6.45) is 6.77. The summed E-state index contributed by atoms with van der Waals surface area (Å²) >= 11 is 6.56. The summed E-state index contributed by atoms with van der Waals surface area (Å²) < 4.78 is 67.6. The van der Waals surface area contributed by atoms with Crippen LogP contribution in [0, 0.1) is 0 Å². The van der Waals surface area contributed by atoms with Gasteiger partial charge in [0, 0.05) is 18.1 Å². The monoisotopic (exact) mass is 623 g/mol. The first-order valence-corrected chi connectivity index (χ1v) is 16.6. The van der Waals surface area contributed by atoms with Crippen LogP contribution in [-0.4, -0.2) is 49.5 Å². The Morgan fingerprint density at radius 1 is 1.02 bits per heavy atom. The van der Waals surface area contributed by atoms with E-state index in [2.05, 4.69) is 4.72 Å². The fraction of sp³-hybridized carbons (Fsp3) is 0.483. The molecule has 1 saturated carbocycles. The summed E-state index contributed by atoms with van der Waals surface area (Å²) in [5, 5.41) is 1.36. The second-order valence-corrected chi connectivity index (χ2v) is 14.8. The highest BCUT2D eigenvalue weighted by Crippen LogP contribution is 2.42. The van der Waals surface area contributed by atoms with Gasteiger partial charge < -0.3 is 15.4 Å². The van der Waals surface area contributed by atoms with Crippen molar-refractivity contribution < 1.29 is 26.7 Å². The van der Waals surface area contributed by atoms with Crippen molar-refractivity contribution in [1.29, 1.82) is 0 Å². The lowest BCUT2D eigenvalue weighted by Gasteiger charge is -2.40. The minimum absolute atomic E-state index is 0.114. The molecule has 3 fully saturated rings. The highest BCUT2D eigenvalue weighted by atomic mass is 35.5. The van der Waals surface area contributed by atoms with Crippen LogP contribution in [0.5, 0.6) is 5.75 Å². The van der Waals surface area contributed by atoms with Crippen molar-refractivity contribution >= 4 is 49.6 Å². The Hall–Kier alpha value is -2.31. The smallest absolute Gasteiger partial charge is 0.307 e. The van der Waals surface area contributed by atoms with Gasteiger partial charge in [-0.15, -0.1) is 11.3 Å². The van der Waals surface area contributed by atoms with Crippen LogP contribution in [0.25, 0.3) is 10.8 Å². The van der Waals surface area contributed by atoms with Gasteiger partial charge in [0.2, 0.25) is 15.9 Å². The molecule has 41 heavy (non-hydrogen) atoms. The molecule has 3 aliphatic rings. The Balaban J connectivity index is 1.30. The van der Waals surface area contributed by atoms with E-state index in [9.17, 15) is 13.2 Å². The molecule has 2 bridgehead atoms. The second-order valence-electron chi connectivity index (χ2n) is 11.3. The van der Waals surface area contributed by atoms with E-state index < -0.39 is 32.8 Å². The van der Waals surface area contributed by atoms with E-state index in [1.165, 1.54) is 23.1 Å². The van der Waals surface area contributed by atoms with Crippen molar-refractivity contribution in [2.75, 3.05) is 0 Å². The average Bonchev–Trinajstić information content (AvgIpc) is 3.67. The molecule has 3 heterocycles.